The average Bonchev–Trinajstić information content (AvgIpc) is 3.63. The highest BCUT2D eigenvalue weighted by molar-refractivity contribution is 6.36. The molecule has 53 heavy (non-hydrogen) atoms. The summed E-state index contributed by atoms with van der Waals surface area (Å²) in [7, 11) is 4.09. The molecule has 2 saturated heterocycles. The van der Waals surface area contributed by atoms with Crippen molar-refractivity contribution in [3.05, 3.63) is 86.9 Å². The van der Waals surface area contributed by atoms with Gasteiger partial charge in [0.15, 0.2) is 23.1 Å². The molecule has 2 heterocycles. The Morgan fingerprint density at radius 3 is 1.45 bits per heavy atom. The van der Waals surface area contributed by atoms with Crippen molar-refractivity contribution in [2.45, 2.75) is 99.1 Å². The van der Waals surface area contributed by atoms with E-state index in [4.69, 9.17) is 30.5 Å². The number of carbonyl (C=O) groups excluding carboxylic acids is 2. The zero-order valence-corrected chi connectivity index (χ0v) is 34.0. The molecule has 0 N–H and O–H groups in total. The topological polar surface area (TPSA) is 74.3 Å². The minimum absolute atomic E-state index is 0.0578. The molecule has 2 fully saturated rings. The lowest BCUT2D eigenvalue weighted by Gasteiger charge is -2.41. The number of ketones is 2. The van der Waals surface area contributed by atoms with Crippen LogP contribution in [0.5, 0.6) is 0 Å². The van der Waals surface area contributed by atoms with Crippen molar-refractivity contribution in [1.82, 2.24) is 0 Å². The molecule has 0 saturated carbocycles. The fourth-order valence-electron chi connectivity index (χ4n) is 8.47. The van der Waals surface area contributed by atoms with Crippen LogP contribution in [0.4, 0.5) is 5.69 Å². The van der Waals surface area contributed by atoms with Gasteiger partial charge in [-0.2, -0.15) is 0 Å². The number of rotatable bonds is 3. The summed E-state index contributed by atoms with van der Waals surface area (Å²) < 4.78 is 23.8. The van der Waals surface area contributed by atoms with Crippen LogP contribution in [0, 0.1) is 10.8 Å². The molecule has 4 aromatic rings. The van der Waals surface area contributed by atoms with Crippen LogP contribution in [0.15, 0.2) is 48.5 Å². The largest absolute Gasteiger partial charge is 0.377 e. The molecular weight excluding hydrogens is 686 g/mol. The number of Topliss-reactive ketones (excluding diaryl/α,β-unsaturated/α-hetero) is 2. The number of hydrogen-bond donors (Lipinski definition) is 0. The molecule has 8 rings (SSSR count). The molecule has 2 spiro atoms. The van der Waals surface area contributed by atoms with Crippen molar-refractivity contribution in [2.24, 2.45) is 10.8 Å². The van der Waals surface area contributed by atoms with E-state index in [1.165, 1.54) is 23.1 Å². The van der Waals surface area contributed by atoms with Crippen LogP contribution < -0.4 is 4.90 Å². The van der Waals surface area contributed by atoms with E-state index in [-0.39, 0.29) is 22.4 Å². The van der Waals surface area contributed by atoms with Gasteiger partial charge in [-0.1, -0.05) is 56.1 Å². The Hall–Kier alpha value is -3.33. The Morgan fingerprint density at radius 2 is 1.04 bits per heavy atom. The highest BCUT2D eigenvalue weighted by Gasteiger charge is 2.47. The fraction of sp³-hybridized carbons (Fsp3) is 0.511. The predicted octanol–water partition coefficient (Wildman–Crippen LogP) is 9.96. The Morgan fingerprint density at radius 1 is 0.642 bits per heavy atom. The van der Waals surface area contributed by atoms with Gasteiger partial charge < -0.3 is 23.8 Å². The van der Waals surface area contributed by atoms with E-state index in [0.29, 0.717) is 31.5 Å². The van der Waals surface area contributed by atoms with Gasteiger partial charge in [-0.15, -0.1) is 0 Å². The molecule has 2 aliphatic heterocycles. The fourth-order valence-corrected chi connectivity index (χ4v) is 8.70. The molecule has 4 aliphatic rings. The molecular formula is C45H56ClNO6. The van der Waals surface area contributed by atoms with Gasteiger partial charge in [-0.3, -0.25) is 9.59 Å². The first-order chi connectivity index (χ1) is 24.9. The summed E-state index contributed by atoms with van der Waals surface area (Å²) in [6.07, 6.45) is 4.67. The molecule has 0 radical (unpaired) electrons. The quantitative estimate of drug-likeness (QED) is 0.194. The number of benzene rings is 4. The van der Waals surface area contributed by atoms with Gasteiger partial charge in [0.1, 0.15) is 0 Å². The summed E-state index contributed by atoms with van der Waals surface area (Å²) in [6.45, 7) is 18.0. The van der Waals surface area contributed by atoms with Crippen molar-refractivity contribution in [2.75, 3.05) is 45.4 Å². The second-order valence-electron chi connectivity index (χ2n) is 16.9. The van der Waals surface area contributed by atoms with E-state index < -0.39 is 11.6 Å². The van der Waals surface area contributed by atoms with Crippen LogP contribution in [0.3, 0.4) is 0 Å². The lowest BCUT2D eigenvalue weighted by molar-refractivity contribution is -0.284. The lowest BCUT2D eigenvalue weighted by atomic mass is 9.85. The molecule has 4 aromatic carbocycles. The number of carbonyl (C=O) groups is 2. The maximum absolute atomic E-state index is 12.6. The molecule has 2 aliphatic carbocycles. The normalized spacial score (nSPS) is 19.9. The number of halogens is 1. The molecule has 8 heteroatoms. The van der Waals surface area contributed by atoms with Crippen LogP contribution in [-0.2, 0) is 44.6 Å². The summed E-state index contributed by atoms with van der Waals surface area (Å²) in [5.74, 6) is -0.823. The molecule has 0 aromatic heterocycles. The molecule has 0 unspecified atom stereocenters. The van der Waals surface area contributed by atoms with Crippen molar-refractivity contribution >= 4 is 50.4 Å². The Kier molecular flexibility index (Phi) is 10.9. The van der Waals surface area contributed by atoms with E-state index in [1.54, 1.807) is 13.8 Å². The van der Waals surface area contributed by atoms with Crippen LogP contribution >= 0.6 is 11.6 Å². The Balaban J connectivity index is 0.000000169. The van der Waals surface area contributed by atoms with Crippen LogP contribution in [0.25, 0.3) is 21.5 Å². The van der Waals surface area contributed by atoms with E-state index in [2.05, 4.69) is 43.0 Å². The third-order valence-electron chi connectivity index (χ3n) is 11.0. The van der Waals surface area contributed by atoms with Gasteiger partial charge in [-0.05, 0) is 125 Å². The summed E-state index contributed by atoms with van der Waals surface area (Å²) in [5, 5.41) is 4.80. The average molecular weight is 742 g/mol. The zero-order valence-electron chi connectivity index (χ0n) is 33.3. The highest BCUT2D eigenvalue weighted by Crippen LogP contribution is 2.47. The minimum Gasteiger partial charge on any atom is -0.377 e. The number of ether oxygens (including phenoxy) is 4. The molecule has 0 bridgehead atoms. The first kappa shape index (κ1) is 39.4. The SMILES string of the molecule is CC(=O)c1c2c(cc3c(Cl)cccc13)CC1(COC(C)(C)OC1)C2.CC(=O)c1c2c(cc3c(N(C)C)cccc13)CC1(COC(C)(C)OC1)C2.CCC. The van der Waals surface area contributed by atoms with E-state index in [0.717, 1.165) is 69.6 Å². The molecule has 284 valence electrons. The summed E-state index contributed by atoms with van der Waals surface area (Å²) in [5.41, 5.74) is 7.50. The summed E-state index contributed by atoms with van der Waals surface area (Å²) in [6, 6.07) is 16.4. The smallest absolute Gasteiger partial charge is 0.162 e. The summed E-state index contributed by atoms with van der Waals surface area (Å²) in [4.78, 5) is 27.1. The third kappa shape index (κ3) is 7.79. The van der Waals surface area contributed by atoms with Gasteiger partial charge in [-0.25, -0.2) is 0 Å². The van der Waals surface area contributed by atoms with Gasteiger partial charge in [0.05, 0.1) is 26.4 Å². The second-order valence-corrected chi connectivity index (χ2v) is 17.3. The monoisotopic (exact) mass is 741 g/mol. The predicted molar refractivity (Wildman–Crippen MR) is 215 cm³/mol. The standard InChI is InChI=1S/C22H27NO3.C20H21ClO3.C3H8/c1-14(24)20-16-7-6-8-19(23(4)5)17(16)9-15-10-22(11-18(15)20)12-25-21(2,3)26-13-22;1-12(22)18-14-5-4-6-17(21)15(14)7-13-8-20(9-16(13)18)10-23-19(2,3)24-11-20;1-3-2/h6-9H,10-13H2,1-5H3;4-7H,8-11H2,1-3H3;3H2,1-2H3. The Bertz CT molecular complexity index is 2040. The van der Waals surface area contributed by atoms with Crippen LogP contribution in [0.1, 0.15) is 105 Å². The van der Waals surface area contributed by atoms with Crippen molar-refractivity contribution in [3.63, 3.8) is 0 Å². The highest BCUT2D eigenvalue weighted by atomic mass is 35.5. The maximum Gasteiger partial charge on any atom is 0.162 e. The lowest BCUT2D eigenvalue weighted by Crippen LogP contribution is -2.47. The zero-order chi connectivity index (χ0) is 38.5. The van der Waals surface area contributed by atoms with Crippen molar-refractivity contribution in [3.8, 4) is 0 Å². The van der Waals surface area contributed by atoms with Crippen molar-refractivity contribution in [1.29, 1.82) is 0 Å². The number of fused-ring (bicyclic) bond motifs is 4. The summed E-state index contributed by atoms with van der Waals surface area (Å²) >= 11 is 6.39. The van der Waals surface area contributed by atoms with E-state index in [1.807, 2.05) is 66.1 Å². The van der Waals surface area contributed by atoms with Crippen LogP contribution in [-0.4, -0.2) is 63.7 Å². The van der Waals surface area contributed by atoms with Gasteiger partial charge >= 0.3 is 0 Å². The van der Waals surface area contributed by atoms with Gasteiger partial charge in [0, 0.05) is 57.5 Å². The third-order valence-corrected chi connectivity index (χ3v) is 11.3. The molecule has 0 atom stereocenters. The van der Waals surface area contributed by atoms with Crippen molar-refractivity contribution < 1.29 is 28.5 Å². The number of hydrogen-bond acceptors (Lipinski definition) is 7. The molecule has 7 nitrogen and oxygen atoms in total. The van der Waals surface area contributed by atoms with E-state index in [9.17, 15) is 9.59 Å². The number of nitrogens with zero attached hydrogens (tertiary/aromatic N) is 1. The second kappa shape index (κ2) is 14.7. The van der Waals surface area contributed by atoms with Crippen LogP contribution in [0.2, 0.25) is 5.02 Å². The van der Waals surface area contributed by atoms with Gasteiger partial charge in [0.2, 0.25) is 0 Å². The number of anilines is 1. The minimum atomic E-state index is -0.530. The first-order valence-corrected chi connectivity index (χ1v) is 19.4. The van der Waals surface area contributed by atoms with Gasteiger partial charge in [0.25, 0.3) is 0 Å². The maximum atomic E-state index is 12.6. The first-order valence-electron chi connectivity index (χ1n) is 19.0. The van der Waals surface area contributed by atoms with E-state index >= 15 is 0 Å². The Labute approximate surface area is 320 Å². The molecule has 0 amide bonds.